The molecule has 0 saturated carbocycles. The minimum absolute atomic E-state index is 0.229. The van der Waals surface area contributed by atoms with Crippen LogP contribution in [0.1, 0.15) is 59.3 Å². The molecule has 1 fully saturated rings. The summed E-state index contributed by atoms with van der Waals surface area (Å²) in [5.41, 5.74) is -0.238. The zero-order valence-electron chi connectivity index (χ0n) is 12.3. The van der Waals surface area contributed by atoms with Crippen LogP contribution in [0.25, 0.3) is 0 Å². The topological polar surface area (TPSA) is 41.1 Å². The van der Waals surface area contributed by atoms with Gasteiger partial charge in [-0.3, -0.25) is 4.79 Å². The monoisotopic (exact) mass is 254 g/mol. The van der Waals surface area contributed by atoms with Crippen LogP contribution in [-0.4, -0.2) is 25.5 Å². The standard InChI is InChI=1S/C15H30N2O/c1-4-5-6-7-11-17-14(18)15(2,3)13-9-8-10-16-12-13/h13,16H,4-12H2,1-3H3,(H,17,18). The Morgan fingerprint density at radius 1 is 1.33 bits per heavy atom. The van der Waals surface area contributed by atoms with Gasteiger partial charge in [0.25, 0.3) is 0 Å². The van der Waals surface area contributed by atoms with Crippen molar-refractivity contribution in [3.8, 4) is 0 Å². The van der Waals surface area contributed by atoms with Crippen LogP contribution in [0.2, 0.25) is 0 Å². The van der Waals surface area contributed by atoms with Gasteiger partial charge in [0.2, 0.25) is 5.91 Å². The molecule has 2 N–H and O–H groups in total. The van der Waals surface area contributed by atoms with E-state index in [-0.39, 0.29) is 11.3 Å². The molecule has 1 aliphatic rings. The highest BCUT2D eigenvalue weighted by molar-refractivity contribution is 5.82. The zero-order chi connectivity index (χ0) is 13.4. The Balaban J connectivity index is 2.29. The number of rotatable bonds is 7. The van der Waals surface area contributed by atoms with Crippen LogP contribution in [0.3, 0.4) is 0 Å². The smallest absolute Gasteiger partial charge is 0.225 e. The maximum absolute atomic E-state index is 12.3. The van der Waals surface area contributed by atoms with Gasteiger partial charge in [0.1, 0.15) is 0 Å². The van der Waals surface area contributed by atoms with E-state index in [0.29, 0.717) is 5.92 Å². The molecule has 1 amide bonds. The van der Waals surface area contributed by atoms with Crippen LogP contribution in [-0.2, 0) is 4.79 Å². The van der Waals surface area contributed by atoms with E-state index in [1.807, 2.05) is 0 Å². The first-order valence-electron chi connectivity index (χ1n) is 7.58. The molecular formula is C15H30N2O. The SMILES string of the molecule is CCCCCCNC(=O)C(C)(C)C1CCCNC1. The molecule has 1 heterocycles. The van der Waals surface area contributed by atoms with E-state index in [1.54, 1.807) is 0 Å². The number of amides is 1. The number of nitrogens with one attached hydrogen (secondary N) is 2. The summed E-state index contributed by atoms with van der Waals surface area (Å²) < 4.78 is 0. The van der Waals surface area contributed by atoms with E-state index in [9.17, 15) is 4.79 Å². The van der Waals surface area contributed by atoms with E-state index >= 15 is 0 Å². The lowest BCUT2D eigenvalue weighted by molar-refractivity contribution is -0.132. The van der Waals surface area contributed by atoms with Gasteiger partial charge in [-0.2, -0.15) is 0 Å². The van der Waals surface area contributed by atoms with Crippen molar-refractivity contribution in [3.63, 3.8) is 0 Å². The summed E-state index contributed by atoms with van der Waals surface area (Å²) in [4.78, 5) is 12.3. The molecule has 1 atom stereocenters. The summed E-state index contributed by atoms with van der Waals surface area (Å²) in [6.45, 7) is 9.31. The first-order chi connectivity index (χ1) is 8.59. The molecular weight excluding hydrogens is 224 g/mol. The van der Waals surface area contributed by atoms with Gasteiger partial charge in [0.15, 0.2) is 0 Å². The highest BCUT2D eigenvalue weighted by atomic mass is 16.2. The Morgan fingerprint density at radius 2 is 2.11 bits per heavy atom. The third-order valence-corrected chi connectivity index (χ3v) is 4.22. The van der Waals surface area contributed by atoms with Crippen LogP contribution in [0, 0.1) is 11.3 Å². The lowest BCUT2D eigenvalue weighted by Gasteiger charge is -2.36. The fourth-order valence-electron chi connectivity index (χ4n) is 2.63. The Kier molecular flexibility index (Phi) is 6.69. The van der Waals surface area contributed by atoms with Crippen molar-refractivity contribution in [3.05, 3.63) is 0 Å². The molecule has 3 heteroatoms. The first-order valence-corrected chi connectivity index (χ1v) is 7.58. The van der Waals surface area contributed by atoms with Gasteiger partial charge < -0.3 is 10.6 Å². The molecule has 3 nitrogen and oxygen atoms in total. The Bertz CT molecular complexity index is 245. The summed E-state index contributed by atoms with van der Waals surface area (Å²) in [6.07, 6.45) is 7.21. The molecule has 106 valence electrons. The average molecular weight is 254 g/mol. The molecule has 1 saturated heterocycles. The largest absolute Gasteiger partial charge is 0.356 e. The molecule has 1 unspecified atom stereocenters. The maximum Gasteiger partial charge on any atom is 0.225 e. The molecule has 1 rings (SSSR count). The molecule has 0 aromatic heterocycles. The predicted octanol–water partition coefficient (Wildman–Crippen LogP) is 2.71. The number of unbranched alkanes of at least 4 members (excludes halogenated alkanes) is 3. The second kappa shape index (κ2) is 7.78. The third-order valence-electron chi connectivity index (χ3n) is 4.22. The van der Waals surface area contributed by atoms with E-state index in [4.69, 9.17) is 0 Å². The first kappa shape index (κ1) is 15.5. The minimum Gasteiger partial charge on any atom is -0.356 e. The van der Waals surface area contributed by atoms with Crippen molar-refractivity contribution in [1.29, 1.82) is 0 Å². The predicted molar refractivity (Wildman–Crippen MR) is 76.5 cm³/mol. The Labute approximate surface area is 112 Å². The highest BCUT2D eigenvalue weighted by Gasteiger charge is 2.36. The van der Waals surface area contributed by atoms with Crippen molar-refractivity contribution < 1.29 is 4.79 Å². The lowest BCUT2D eigenvalue weighted by atomic mass is 9.74. The molecule has 1 aliphatic heterocycles. The molecule has 0 aliphatic carbocycles. The Morgan fingerprint density at radius 3 is 2.72 bits per heavy atom. The maximum atomic E-state index is 12.3. The van der Waals surface area contributed by atoms with Gasteiger partial charge in [0.05, 0.1) is 0 Å². The average Bonchev–Trinajstić information content (AvgIpc) is 2.39. The van der Waals surface area contributed by atoms with Crippen LogP contribution < -0.4 is 10.6 Å². The van der Waals surface area contributed by atoms with Gasteiger partial charge in [-0.15, -0.1) is 0 Å². The van der Waals surface area contributed by atoms with E-state index < -0.39 is 0 Å². The van der Waals surface area contributed by atoms with Crippen LogP contribution in [0.5, 0.6) is 0 Å². The zero-order valence-corrected chi connectivity index (χ0v) is 12.3. The molecule has 0 bridgehead atoms. The summed E-state index contributed by atoms with van der Waals surface area (Å²) in [5.74, 6) is 0.703. The van der Waals surface area contributed by atoms with Crippen LogP contribution >= 0.6 is 0 Å². The van der Waals surface area contributed by atoms with Crippen molar-refractivity contribution in [2.75, 3.05) is 19.6 Å². The highest BCUT2D eigenvalue weighted by Crippen LogP contribution is 2.31. The summed E-state index contributed by atoms with van der Waals surface area (Å²) in [7, 11) is 0. The van der Waals surface area contributed by atoms with Crippen LogP contribution in [0.15, 0.2) is 0 Å². The van der Waals surface area contributed by atoms with Gasteiger partial charge in [-0.25, -0.2) is 0 Å². The normalized spacial score (nSPS) is 20.7. The number of hydrogen-bond donors (Lipinski definition) is 2. The van der Waals surface area contributed by atoms with Gasteiger partial charge in [-0.05, 0) is 38.3 Å². The molecule has 0 radical (unpaired) electrons. The van der Waals surface area contributed by atoms with Gasteiger partial charge in [0, 0.05) is 12.0 Å². The number of carbonyl (C=O) groups excluding carboxylic acids is 1. The van der Waals surface area contributed by atoms with Crippen LogP contribution in [0.4, 0.5) is 0 Å². The van der Waals surface area contributed by atoms with Crippen molar-refractivity contribution in [2.24, 2.45) is 11.3 Å². The quantitative estimate of drug-likeness (QED) is 0.686. The van der Waals surface area contributed by atoms with Crippen molar-refractivity contribution in [1.82, 2.24) is 10.6 Å². The van der Waals surface area contributed by atoms with Crippen molar-refractivity contribution in [2.45, 2.75) is 59.3 Å². The third kappa shape index (κ3) is 4.60. The fourth-order valence-corrected chi connectivity index (χ4v) is 2.63. The second-order valence-electron chi connectivity index (χ2n) is 6.08. The van der Waals surface area contributed by atoms with E-state index in [0.717, 1.165) is 26.1 Å². The molecule has 0 aromatic carbocycles. The van der Waals surface area contributed by atoms with Crippen molar-refractivity contribution >= 4 is 5.91 Å². The number of carbonyl (C=O) groups is 1. The fraction of sp³-hybridized carbons (Fsp3) is 0.933. The molecule has 18 heavy (non-hydrogen) atoms. The lowest BCUT2D eigenvalue weighted by Crippen LogP contribution is -2.47. The molecule has 0 spiro atoms. The van der Waals surface area contributed by atoms with Gasteiger partial charge >= 0.3 is 0 Å². The van der Waals surface area contributed by atoms with E-state index in [2.05, 4.69) is 31.4 Å². The number of piperidine rings is 1. The summed E-state index contributed by atoms with van der Waals surface area (Å²) in [6, 6.07) is 0. The summed E-state index contributed by atoms with van der Waals surface area (Å²) >= 11 is 0. The summed E-state index contributed by atoms with van der Waals surface area (Å²) in [5, 5.41) is 6.51. The molecule has 0 aromatic rings. The van der Waals surface area contributed by atoms with E-state index in [1.165, 1.54) is 32.1 Å². The minimum atomic E-state index is -0.238. The Hall–Kier alpha value is -0.570. The van der Waals surface area contributed by atoms with Gasteiger partial charge in [-0.1, -0.05) is 40.0 Å². The second-order valence-corrected chi connectivity index (χ2v) is 6.08. The number of hydrogen-bond acceptors (Lipinski definition) is 2.